The fourth-order valence-corrected chi connectivity index (χ4v) is 17.1. The van der Waals surface area contributed by atoms with Gasteiger partial charge < -0.3 is 9.05 Å². The van der Waals surface area contributed by atoms with E-state index in [0.717, 1.165) is 49.7 Å². The maximum Gasteiger partial charge on any atom is 0.346 e. The van der Waals surface area contributed by atoms with Crippen LogP contribution in [0.25, 0.3) is 0 Å². The van der Waals surface area contributed by atoms with Crippen molar-refractivity contribution in [1.29, 1.82) is 0 Å². The first kappa shape index (κ1) is 29.3. The van der Waals surface area contributed by atoms with Crippen LogP contribution in [0.4, 0.5) is 0 Å². The molecule has 2 N–H and O–H groups in total. The van der Waals surface area contributed by atoms with E-state index in [1.807, 2.05) is 24.3 Å². The zero-order chi connectivity index (χ0) is 29.9. The molecular formula is C32H42Cl2N4O4P2. The Hall–Kier alpha value is -0.880. The maximum atomic E-state index is 14.7. The van der Waals surface area contributed by atoms with Crippen molar-refractivity contribution in [2.45, 2.75) is 99.7 Å². The van der Waals surface area contributed by atoms with Gasteiger partial charge in [-0.05, 0) is 124 Å². The van der Waals surface area contributed by atoms with Crippen LogP contribution < -0.4 is 10.2 Å². The fraction of sp³-hybridized carbons (Fsp3) is 0.750. The van der Waals surface area contributed by atoms with E-state index in [2.05, 4.69) is 10.2 Å². The molecule has 2 aliphatic heterocycles. The number of hydrogen-bond donors (Lipinski definition) is 2. The van der Waals surface area contributed by atoms with Crippen LogP contribution >= 0.6 is 38.2 Å². The highest BCUT2D eigenvalue weighted by molar-refractivity contribution is 7.58. The predicted molar refractivity (Wildman–Crippen MR) is 174 cm³/mol. The summed E-state index contributed by atoms with van der Waals surface area (Å²) < 4.78 is 41.5. The summed E-state index contributed by atoms with van der Waals surface area (Å²) in [6.45, 7) is 0. The summed E-state index contributed by atoms with van der Waals surface area (Å²) in [7, 11) is -6.84. The summed E-state index contributed by atoms with van der Waals surface area (Å²) in [5, 5.41) is 7.26. The Morgan fingerprint density at radius 3 is 1.18 bits per heavy atom. The van der Waals surface area contributed by atoms with Gasteiger partial charge in [0.2, 0.25) is 11.8 Å². The number of aliphatic imine (C=N–C) groups is 2. The Labute approximate surface area is 269 Å². The molecule has 0 unspecified atom stereocenters. The monoisotopic (exact) mass is 678 g/mol. The van der Waals surface area contributed by atoms with Gasteiger partial charge in [0.15, 0.2) is 11.6 Å². The molecule has 10 aliphatic rings. The summed E-state index contributed by atoms with van der Waals surface area (Å²) in [5.74, 6) is 3.74. The van der Waals surface area contributed by atoms with Crippen LogP contribution in [-0.2, 0) is 18.2 Å². The van der Waals surface area contributed by atoms with Crippen LogP contribution in [0.3, 0.4) is 0 Å². The minimum Gasteiger partial charge on any atom is -0.416 e. The number of halogens is 2. The molecule has 8 saturated carbocycles. The van der Waals surface area contributed by atoms with Gasteiger partial charge >= 0.3 is 15.0 Å². The SMILES string of the molecule is O=[P@]1(NC23CC4CC(CC(C4)C2)C3)OC(CCl)=N[C@H]1c1ccc([C@@H]2N=C(CCl)O[P@@]2(=O)NC23CC4CC(CC(C4)C2)C3)cc1. The molecule has 8 fully saturated rings. The Kier molecular flexibility index (Phi) is 6.86. The third kappa shape index (κ3) is 4.83. The molecule has 8 aliphatic carbocycles. The Morgan fingerprint density at radius 1 is 0.614 bits per heavy atom. The summed E-state index contributed by atoms with van der Waals surface area (Å²) in [4.78, 5) is 9.46. The standard InChI is InChI=1S/C32H42Cl2N4O4P2/c33-17-27-35-29(43(39,41-27)37-31-11-19-5-20(12-31)7-21(6-19)13-31)25-1-2-26(4-3-25)30-36-28(18-34)42-44(30,40)38-32-14-22-8-23(15-32)10-24(9-22)16-32/h1-4,19-24,29-30H,5-18H2,(H,37,39)(H,38,40)/t19?,20?,21?,22?,23?,24?,29-,30-,31?,32?,43-,44+/m1/s1. The van der Waals surface area contributed by atoms with Gasteiger partial charge in [-0.25, -0.2) is 20.2 Å². The zero-order valence-corrected chi connectivity index (χ0v) is 28.3. The molecule has 8 nitrogen and oxygen atoms in total. The van der Waals surface area contributed by atoms with Crippen LogP contribution in [-0.4, -0.2) is 34.6 Å². The second kappa shape index (κ2) is 10.3. The van der Waals surface area contributed by atoms with Crippen molar-refractivity contribution in [2.24, 2.45) is 45.5 Å². The molecule has 12 heteroatoms. The van der Waals surface area contributed by atoms with Crippen LogP contribution in [0.1, 0.15) is 99.7 Å². The topological polar surface area (TPSA) is 101 Å². The van der Waals surface area contributed by atoms with E-state index in [1.165, 1.54) is 38.5 Å². The fourth-order valence-electron chi connectivity index (χ4n) is 11.7. The maximum absolute atomic E-state index is 14.7. The van der Waals surface area contributed by atoms with E-state index in [9.17, 15) is 9.13 Å². The van der Waals surface area contributed by atoms with Gasteiger partial charge in [-0.1, -0.05) is 24.3 Å². The first-order valence-corrected chi connectivity index (χ1v) is 21.1. The molecule has 4 atom stereocenters. The highest BCUT2D eigenvalue weighted by Crippen LogP contribution is 2.68. The van der Waals surface area contributed by atoms with E-state index in [-0.39, 0.29) is 22.8 Å². The summed E-state index contributed by atoms with van der Waals surface area (Å²) in [6.07, 6.45) is 14.2. The number of hydrogen-bond acceptors (Lipinski definition) is 6. The molecule has 0 aromatic heterocycles. The van der Waals surface area contributed by atoms with Crippen LogP contribution in [0, 0.1) is 35.5 Å². The van der Waals surface area contributed by atoms with Crippen LogP contribution in [0.5, 0.6) is 0 Å². The van der Waals surface area contributed by atoms with Crippen LogP contribution in [0.15, 0.2) is 34.3 Å². The Bertz CT molecular complexity index is 1330. The highest BCUT2D eigenvalue weighted by Gasteiger charge is 2.58. The minimum absolute atomic E-state index is 0.0790. The second-order valence-electron chi connectivity index (χ2n) is 15.7. The average molecular weight is 680 g/mol. The second-order valence-corrected chi connectivity index (χ2v) is 20.4. The molecule has 0 saturated heterocycles. The van der Waals surface area contributed by atoms with E-state index >= 15 is 0 Å². The van der Waals surface area contributed by atoms with Gasteiger partial charge in [0.25, 0.3) is 0 Å². The van der Waals surface area contributed by atoms with Gasteiger partial charge in [0.05, 0.1) is 11.8 Å². The Morgan fingerprint density at radius 2 is 0.909 bits per heavy atom. The van der Waals surface area contributed by atoms with Gasteiger partial charge in [0.1, 0.15) is 0 Å². The van der Waals surface area contributed by atoms with E-state index in [1.54, 1.807) is 0 Å². The third-order valence-corrected chi connectivity index (χ3v) is 17.4. The number of benzene rings is 1. The van der Waals surface area contributed by atoms with Gasteiger partial charge in [-0.3, -0.25) is 9.13 Å². The lowest BCUT2D eigenvalue weighted by Crippen LogP contribution is -2.57. The van der Waals surface area contributed by atoms with E-state index < -0.39 is 26.6 Å². The van der Waals surface area contributed by atoms with Crippen molar-refractivity contribution in [3.05, 3.63) is 35.4 Å². The number of rotatable bonds is 8. The summed E-state index contributed by atoms with van der Waals surface area (Å²) >= 11 is 12.4. The van der Waals surface area contributed by atoms with Crippen molar-refractivity contribution in [3.63, 3.8) is 0 Å². The first-order chi connectivity index (χ1) is 21.1. The van der Waals surface area contributed by atoms with Crippen molar-refractivity contribution >= 4 is 50.0 Å². The predicted octanol–water partition coefficient (Wildman–Crippen LogP) is 8.52. The number of alkyl halides is 2. The lowest BCUT2D eigenvalue weighted by molar-refractivity contribution is -0.00990. The Balaban J connectivity index is 0.987. The van der Waals surface area contributed by atoms with Crippen molar-refractivity contribution in [3.8, 4) is 0 Å². The molecule has 0 radical (unpaired) electrons. The molecule has 2 heterocycles. The lowest BCUT2D eigenvalue weighted by atomic mass is 9.53. The largest absolute Gasteiger partial charge is 0.416 e. The normalized spacial score (nSPS) is 49.6. The quantitative estimate of drug-likeness (QED) is 0.211. The van der Waals surface area contributed by atoms with Crippen molar-refractivity contribution in [2.75, 3.05) is 11.8 Å². The molecule has 238 valence electrons. The van der Waals surface area contributed by atoms with E-state index in [4.69, 9.17) is 42.2 Å². The lowest BCUT2D eigenvalue weighted by Gasteiger charge is -2.57. The smallest absolute Gasteiger partial charge is 0.346 e. The molecule has 0 amide bonds. The molecule has 8 bridgehead atoms. The molecule has 1 aromatic rings. The zero-order valence-electron chi connectivity index (χ0n) is 25.0. The first-order valence-electron chi connectivity index (χ1n) is 16.7. The summed E-state index contributed by atoms with van der Waals surface area (Å²) in [6, 6.07) is 7.73. The number of nitrogens with zero attached hydrogens (tertiary/aromatic N) is 2. The molecule has 1 aromatic carbocycles. The molecule has 0 spiro atoms. The molecule has 11 rings (SSSR count). The third-order valence-electron chi connectivity index (χ3n) is 12.3. The van der Waals surface area contributed by atoms with Crippen molar-refractivity contribution < 1.29 is 18.2 Å². The average Bonchev–Trinajstić information content (AvgIpc) is 3.46. The van der Waals surface area contributed by atoms with Crippen LogP contribution in [0.2, 0.25) is 0 Å². The summed E-state index contributed by atoms with van der Waals surface area (Å²) in [5.41, 5.74) is 1.28. The minimum atomic E-state index is -3.42. The highest BCUT2D eigenvalue weighted by atomic mass is 35.5. The van der Waals surface area contributed by atoms with Gasteiger partial charge in [0, 0.05) is 11.1 Å². The van der Waals surface area contributed by atoms with Gasteiger partial charge in [-0.15, -0.1) is 23.2 Å². The number of nitrogens with one attached hydrogen (secondary N) is 2. The molecule has 44 heavy (non-hydrogen) atoms. The van der Waals surface area contributed by atoms with E-state index in [0.29, 0.717) is 47.3 Å². The molecular weight excluding hydrogens is 637 g/mol. The van der Waals surface area contributed by atoms with Gasteiger partial charge in [-0.2, -0.15) is 0 Å². The van der Waals surface area contributed by atoms with Crippen molar-refractivity contribution in [1.82, 2.24) is 10.2 Å².